The molecule has 0 bridgehead atoms. The van der Waals surface area contributed by atoms with E-state index in [9.17, 15) is 21.6 Å². The van der Waals surface area contributed by atoms with E-state index in [1.807, 2.05) is 34.5 Å². The molecule has 11 heteroatoms. The number of benzene rings is 2. The molecule has 2 heterocycles. The van der Waals surface area contributed by atoms with Gasteiger partial charge < -0.3 is 9.64 Å². The maximum absolute atomic E-state index is 13.1. The van der Waals surface area contributed by atoms with Crippen molar-refractivity contribution in [2.24, 2.45) is 0 Å². The number of hydrogen-bond acceptors (Lipinski definition) is 6. The highest BCUT2D eigenvalue weighted by atomic mass is 35.5. The second-order valence-electron chi connectivity index (χ2n) is 8.02. The van der Waals surface area contributed by atoms with Gasteiger partial charge in [0.25, 0.3) is 0 Å². The highest BCUT2D eigenvalue weighted by molar-refractivity contribution is 7.92. The van der Waals surface area contributed by atoms with Gasteiger partial charge in [-0.3, -0.25) is 0 Å². The van der Waals surface area contributed by atoms with Crippen LogP contribution >= 0.6 is 22.9 Å². The number of piperidine rings is 1. The molecule has 0 N–H and O–H groups in total. The van der Waals surface area contributed by atoms with Crippen LogP contribution in [0.25, 0.3) is 0 Å². The number of aromatic nitrogens is 1. The van der Waals surface area contributed by atoms with Crippen LogP contribution in [0.1, 0.15) is 29.7 Å². The van der Waals surface area contributed by atoms with Gasteiger partial charge in [0, 0.05) is 24.9 Å². The minimum absolute atomic E-state index is 0.196. The van der Waals surface area contributed by atoms with Crippen molar-refractivity contribution < 1.29 is 26.3 Å². The van der Waals surface area contributed by atoms with E-state index in [0.717, 1.165) is 34.3 Å². The summed E-state index contributed by atoms with van der Waals surface area (Å²) in [5.74, 6) is 0.784. The van der Waals surface area contributed by atoms with Crippen LogP contribution in [0, 0.1) is 0 Å². The molecule has 34 heavy (non-hydrogen) atoms. The molecule has 0 unspecified atom stereocenters. The molecule has 0 radical (unpaired) electrons. The van der Waals surface area contributed by atoms with Crippen LogP contribution in [0.3, 0.4) is 0 Å². The Hall–Kier alpha value is -2.30. The number of alkyl halides is 3. The number of sulfone groups is 1. The Kier molecular flexibility index (Phi) is 7.12. The second kappa shape index (κ2) is 9.75. The number of nitrogens with zero attached hydrogens (tertiary/aromatic N) is 2. The van der Waals surface area contributed by atoms with Crippen LogP contribution in [0.5, 0.6) is 5.75 Å². The first-order chi connectivity index (χ1) is 16.1. The van der Waals surface area contributed by atoms with Crippen molar-refractivity contribution in [1.82, 2.24) is 4.98 Å². The largest absolute Gasteiger partial charge is 0.497 e. The zero-order valence-corrected chi connectivity index (χ0v) is 20.6. The molecule has 1 aliphatic rings. The van der Waals surface area contributed by atoms with Gasteiger partial charge in [0.15, 0.2) is 15.0 Å². The zero-order chi connectivity index (χ0) is 24.5. The topological polar surface area (TPSA) is 59.5 Å². The van der Waals surface area contributed by atoms with Crippen molar-refractivity contribution >= 4 is 37.9 Å². The lowest BCUT2D eigenvalue weighted by atomic mass is 10.1. The SMILES string of the molecule is COc1ccc(Cc2csc(N3CCC(S(=O)(=O)c4cc(C(F)(F)F)ccc4Cl)CC3)n2)cc1. The van der Waals surface area contributed by atoms with Crippen LogP contribution in [0.2, 0.25) is 5.02 Å². The van der Waals surface area contributed by atoms with E-state index in [1.165, 1.54) is 11.3 Å². The average molecular weight is 531 g/mol. The standard InChI is InChI=1S/C23H22ClF3N2O3S2/c1-32-18-5-2-15(3-6-18)12-17-14-33-22(28-17)29-10-8-19(9-11-29)34(30,31)21-13-16(23(25,26)27)4-7-20(21)24/h2-7,13-14,19H,8-12H2,1H3. The molecule has 1 aliphatic heterocycles. The smallest absolute Gasteiger partial charge is 0.416 e. The number of methoxy groups -OCH3 is 1. The molecular formula is C23H22ClF3N2O3S2. The molecule has 1 saturated heterocycles. The summed E-state index contributed by atoms with van der Waals surface area (Å²) in [6.45, 7) is 0.881. The lowest BCUT2D eigenvalue weighted by molar-refractivity contribution is -0.137. The van der Waals surface area contributed by atoms with Gasteiger partial charge in [0.1, 0.15) is 5.75 Å². The predicted octanol–water partition coefficient (Wildman–Crippen LogP) is 5.86. The highest BCUT2D eigenvalue weighted by Gasteiger charge is 2.36. The van der Waals surface area contributed by atoms with Gasteiger partial charge in [0.05, 0.1) is 33.5 Å². The van der Waals surface area contributed by atoms with Gasteiger partial charge in [0.2, 0.25) is 0 Å². The normalized spacial score (nSPS) is 15.5. The Bertz CT molecular complexity index is 1250. The second-order valence-corrected chi connectivity index (χ2v) is 11.5. The van der Waals surface area contributed by atoms with Crippen LogP contribution in [-0.4, -0.2) is 38.9 Å². The fraction of sp³-hybridized carbons (Fsp3) is 0.348. The van der Waals surface area contributed by atoms with Gasteiger partial charge in [-0.2, -0.15) is 13.2 Å². The van der Waals surface area contributed by atoms with Crippen molar-refractivity contribution in [1.29, 1.82) is 0 Å². The van der Waals surface area contributed by atoms with Gasteiger partial charge in [-0.1, -0.05) is 23.7 Å². The van der Waals surface area contributed by atoms with Crippen molar-refractivity contribution in [3.63, 3.8) is 0 Å². The predicted molar refractivity (Wildman–Crippen MR) is 127 cm³/mol. The van der Waals surface area contributed by atoms with E-state index < -0.39 is 31.7 Å². The molecular weight excluding hydrogens is 509 g/mol. The molecule has 4 rings (SSSR count). The first-order valence-corrected chi connectivity index (χ1v) is 13.3. The molecule has 1 aromatic heterocycles. The number of hydrogen-bond donors (Lipinski definition) is 0. The Labute approximate surface area is 205 Å². The third-order valence-corrected chi connectivity index (χ3v) is 9.49. The molecule has 2 aromatic carbocycles. The number of thiazole rings is 1. The monoisotopic (exact) mass is 530 g/mol. The fourth-order valence-corrected chi connectivity index (χ4v) is 7.05. The maximum Gasteiger partial charge on any atom is 0.416 e. The van der Waals surface area contributed by atoms with Crippen molar-refractivity contribution in [2.75, 3.05) is 25.1 Å². The minimum Gasteiger partial charge on any atom is -0.497 e. The lowest BCUT2D eigenvalue weighted by Crippen LogP contribution is -2.39. The molecule has 0 atom stereocenters. The first-order valence-electron chi connectivity index (χ1n) is 10.5. The van der Waals surface area contributed by atoms with Crippen LogP contribution < -0.4 is 9.64 Å². The summed E-state index contributed by atoms with van der Waals surface area (Å²) in [4.78, 5) is 6.24. The number of halogens is 4. The molecule has 3 aromatic rings. The van der Waals surface area contributed by atoms with E-state index in [4.69, 9.17) is 16.3 Å². The van der Waals surface area contributed by atoms with E-state index in [0.29, 0.717) is 25.6 Å². The third kappa shape index (κ3) is 5.34. The fourth-order valence-electron chi connectivity index (χ4n) is 3.91. The summed E-state index contributed by atoms with van der Waals surface area (Å²) in [6.07, 6.45) is -3.42. The van der Waals surface area contributed by atoms with Crippen molar-refractivity contribution in [2.45, 2.75) is 35.6 Å². The number of rotatable bonds is 6. The Morgan fingerprint density at radius 1 is 1.15 bits per heavy atom. The van der Waals surface area contributed by atoms with Gasteiger partial charge in [-0.15, -0.1) is 11.3 Å². The van der Waals surface area contributed by atoms with Crippen LogP contribution in [0.15, 0.2) is 52.7 Å². The maximum atomic E-state index is 13.1. The summed E-state index contributed by atoms with van der Waals surface area (Å²) < 4.78 is 70.6. The summed E-state index contributed by atoms with van der Waals surface area (Å²) in [5, 5.41) is 1.78. The lowest BCUT2D eigenvalue weighted by Gasteiger charge is -2.31. The molecule has 1 fully saturated rings. The Morgan fingerprint density at radius 3 is 2.44 bits per heavy atom. The molecule has 0 spiro atoms. The minimum atomic E-state index is -4.65. The molecule has 0 amide bonds. The summed E-state index contributed by atoms with van der Waals surface area (Å²) in [7, 11) is -2.39. The molecule has 0 saturated carbocycles. The zero-order valence-electron chi connectivity index (χ0n) is 18.2. The van der Waals surface area contributed by atoms with Crippen molar-refractivity contribution in [3.8, 4) is 5.75 Å². The van der Waals surface area contributed by atoms with E-state index in [-0.39, 0.29) is 17.9 Å². The molecule has 5 nitrogen and oxygen atoms in total. The molecule has 0 aliphatic carbocycles. The Morgan fingerprint density at radius 2 is 1.82 bits per heavy atom. The first kappa shape index (κ1) is 24.8. The summed E-state index contributed by atoms with van der Waals surface area (Å²) >= 11 is 7.48. The van der Waals surface area contributed by atoms with Crippen LogP contribution in [-0.2, 0) is 22.4 Å². The number of anilines is 1. The van der Waals surface area contributed by atoms with Gasteiger partial charge in [-0.05, 0) is 48.7 Å². The van der Waals surface area contributed by atoms with Gasteiger partial charge in [-0.25, -0.2) is 13.4 Å². The quantitative estimate of drug-likeness (QED) is 0.399. The van der Waals surface area contributed by atoms with E-state index >= 15 is 0 Å². The summed E-state index contributed by atoms with van der Waals surface area (Å²) in [6, 6.07) is 10.2. The van der Waals surface area contributed by atoms with Crippen LogP contribution in [0.4, 0.5) is 18.3 Å². The van der Waals surface area contributed by atoms with Crippen molar-refractivity contribution in [3.05, 3.63) is 69.7 Å². The molecule has 182 valence electrons. The third-order valence-electron chi connectivity index (χ3n) is 5.80. The van der Waals surface area contributed by atoms with E-state index in [2.05, 4.69) is 4.98 Å². The summed E-state index contributed by atoms with van der Waals surface area (Å²) in [5.41, 5.74) is 0.983. The van der Waals surface area contributed by atoms with E-state index in [1.54, 1.807) is 7.11 Å². The highest BCUT2D eigenvalue weighted by Crippen LogP contribution is 2.36. The Balaban J connectivity index is 1.42. The average Bonchev–Trinajstić information content (AvgIpc) is 3.27. The number of ether oxygens (including phenoxy) is 1. The van der Waals surface area contributed by atoms with Gasteiger partial charge >= 0.3 is 6.18 Å².